The van der Waals surface area contributed by atoms with Crippen LogP contribution < -0.4 is 5.32 Å². The van der Waals surface area contributed by atoms with Crippen molar-refractivity contribution < 1.29 is 18.7 Å². The topological polar surface area (TPSA) is 92.8 Å². The number of fused-ring (bicyclic) bond motifs is 1. The van der Waals surface area contributed by atoms with Gasteiger partial charge in [0.2, 0.25) is 5.91 Å². The summed E-state index contributed by atoms with van der Waals surface area (Å²) in [5, 5.41) is 7.61. The molecule has 2 aliphatic heterocycles. The second-order valence-corrected chi connectivity index (χ2v) is 9.42. The van der Waals surface area contributed by atoms with Gasteiger partial charge in [0.1, 0.15) is 18.1 Å². The first kappa shape index (κ1) is 24.3. The van der Waals surface area contributed by atoms with Gasteiger partial charge < -0.3 is 19.4 Å². The van der Waals surface area contributed by atoms with Gasteiger partial charge in [0, 0.05) is 57.5 Å². The first-order valence-corrected chi connectivity index (χ1v) is 12.6. The van der Waals surface area contributed by atoms with Gasteiger partial charge in [-0.3, -0.25) is 19.2 Å². The number of ether oxygens (including phenoxy) is 1. The molecule has 0 aliphatic carbocycles. The van der Waals surface area contributed by atoms with Crippen LogP contribution in [0.5, 0.6) is 0 Å². The van der Waals surface area contributed by atoms with Crippen LogP contribution in [0.3, 0.4) is 0 Å². The van der Waals surface area contributed by atoms with E-state index in [4.69, 9.17) is 14.3 Å². The number of benzene rings is 1. The molecule has 1 saturated heterocycles. The summed E-state index contributed by atoms with van der Waals surface area (Å²) in [6.45, 7) is 4.38. The zero-order valence-electron chi connectivity index (χ0n) is 20.7. The smallest absolute Gasteiger partial charge is 0.275 e. The predicted molar refractivity (Wildman–Crippen MR) is 133 cm³/mol. The maximum absolute atomic E-state index is 13.5. The summed E-state index contributed by atoms with van der Waals surface area (Å²) in [5.74, 6) is 1.39. The third-order valence-electron chi connectivity index (χ3n) is 6.80. The molecule has 0 spiro atoms. The van der Waals surface area contributed by atoms with Crippen molar-refractivity contribution in [1.82, 2.24) is 24.9 Å². The molecule has 36 heavy (non-hydrogen) atoms. The van der Waals surface area contributed by atoms with Gasteiger partial charge in [-0.15, -0.1) is 0 Å². The zero-order valence-corrected chi connectivity index (χ0v) is 20.7. The first-order valence-electron chi connectivity index (χ1n) is 12.6. The van der Waals surface area contributed by atoms with Crippen LogP contribution in [0.2, 0.25) is 0 Å². The van der Waals surface area contributed by atoms with E-state index in [1.165, 1.54) is 5.56 Å². The zero-order chi connectivity index (χ0) is 24.9. The van der Waals surface area contributed by atoms with Gasteiger partial charge in [-0.05, 0) is 30.5 Å². The van der Waals surface area contributed by atoms with Gasteiger partial charge in [0.05, 0.1) is 13.1 Å². The lowest BCUT2D eigenvalue weighted by molar-refractivity contribution is -0.123. The van der Waals surface area contributed by atoms with Crippen molar-refractivity contribution in [3.63, 3.8) is 0 Å². The number of hydrogen-bond donors (Lipinski definition) is 1. The molecule has 0 bridgehead atoms. The molecule has 2 aliphatic rings. The fourth-order valence-electron chi connectivity index (χ4n) is 5.03. The molecular weight excluding hydrogens is 458 g/mol. The maximum Gasteiger partial charge on any atom is 0.275 e. The number of carbonyl (C=O) groups excluding carboxylic acids is 2. The van der Waals surface area contributed by atoms with Crippen molar-refractivity contribution in [2.24, 2.45) is 0 Å². The Morgan fingerprint density at radius 3 is 2.75 bits per heavy atom. The number of methoxy groups -OCH3 is 1. The number of amides is 2. The van der Waals surface area contributed by atoms with Crippen molar-refractivity contribution in [3.8, 4) is 0 Å². The van der Waals surface area contributed by atoms with Crippen LogP contribution >= 0.6 is 0 Å². The summed E-state index contributed by atoms with van der Waals surface area (Å²) in [4.78, 5) is 29.3. The van der Waals surface area contributed by atoms with Crippen LogP contribution in [0.4, 0.5) is 0 Å². The number of nitrogens with zero attached hydrogens (tertiary/aromatic N) is 4. The Hall–Kier alpha value is -3.43. The van der Waals surface area contributed by atoms with Gasteiger partial charge in [0.25, 0.3) is 5.91 Å². The van der Waals surface area contributed by atoms with Crippen molar-refractivity contribution in [2.75, 3.05) is 33.3 Å². The second-order valence-electron chi connectivity index (χ2n) is 9.42. The molecule has 2 amide bonds. The number of nitrogens with one attached hydrogen (secondary N) is 1. The fraction of sp³-hybridized carbons (Fsp3) is 0.444. The van der Waals surface area contributed by atoms with Crippen molar-refractivity contribution in [3.05, 3.63) is 76.5 Å². The number of aromatic nitrogens is 2. The normalized spacial score (nSPS) is 16.1. The lowest BCUT2D eigenvalue weighted by Gasteiger charge is -2.28. The summed E-state index contributed by atoms with van der Waals surface area (Å²) in [6.07, 6.45) is 2.71. The van der Waals surface area contributed by atoms with Crippen molar-refractivity contribution in [1.29, 1.82) is 0 Å². The summed E-state index contributed by atoms with van der Waals surface area (Å²) in [7, 11) is 1.65. The quantitative estimate of drug-likeness (QED) is 0.494. The molecule has 9 nitrogen and oxygen atoms in total. The Labute approximate surface area is 211 Å². The predicted octanol–water partition coefficient (Wildman–Crippen LogP) is 2.39. The van der Waals surface area contributed by atoms with E-state index in [-0.39, 0.29) is 18.4 Å². The second kappa shape index (κ2) is 11.1. The molecule has 1 aromatic carbocycles. The van der Waals surface area contributed by atoms with E-state index in [0.717, 1.165) is 55.1 Å². The van der Waals surface area contributed by atoms with Gasteiger partial charge in [0.15, 0.2) is 5.69 Å². The Kier molecular flexibility index (Phi) is 7.48. The van der Waals surface area contributed by atoms with Gasteiger partial charge in [-0.25, -0.2) is 0 Å². The maximum atomic E-state index is 13.5. The molecule has 4 heterocycles. The monoisotopic (exact) mass is 491 g/mol. The molecule has 0 unspecified atom stereocenters. The number of aryl methyl sites for hydroxylation is 2. The van der Waals surface area contributed by atoms with E-state index in [2.05, 4.69) is 34.5 Å². The van der Waals surface area contributed by atoms with E-state index in [0.29, 0.717) is 38.5 Å². The SMILES string of the molecule is COCc1ccc(CN2CCc3c(c(C(=O)N4CCNC(=O)C4)nn3CCCc3ccccc3)C2)o1. The molecule has 0 saturated carbocycles. The molecule has 3 aromatic rings. The molecule has 190 valence electrons. The highest BCUT2D eigenvalue weighted by Crippen LogP contribution is 2.26. The highest BCUT2D eigenvalue weighted by molar-refractivity contribution is 5.97. The summed E-state index contributed by atoms with van der Waals surface area (Å²) in [6, 6.07) is 14.3. The van der Waals surface area contributed by atoms with Crippen LogP contribution in [-0.4, -0.2) is 64.7 Å². The van der Waals surface area contributed by atoms with E-state index < -0.39 is 0 Å². The molecular formula is C27H33N5O4. The minimum absolute atomic E-state index is 0.0762. The third kappa shape index (κ3) is 5.52. The van der Waals surface area contributed by atoms with Crippen molar-refractivity contribution in [2.45, 2.75) is 45.5 Å². The number of furan rings is 1. The largest absolute Gasteiger partial charge is 0.462 e. The lowest BCUT2D eigenvalue weighted by Crippen LogP contribution is -2.50. The van der Waals surface area contributed by atoms with Crippen LogP contribution in [-0.2, 0) is 48.6 Å². The van der Waals surface area contributed by atoms with Crippen LogP contribution in [0.15, 0.2) is 46.9 Å². The van der Waals surface area contributed by atoms with E-state index >= 15 is 0 Å². The molecule has 5 rings (SSSR count). The van der Waals surface area contributed by atoms with Crippen molar-refractivity contribution >= 4 is 11.8 Å². The summed E-state index contributed by atoms with van der Waals surface area (Å²) >= 11 is 0. The summed E-state index contributed by atoms with van der Waals surface area (Å²) < 4.78 is 13.1. The summed E-state index contributed by atoms with van der Waals surface area (Å²) in [5.41, 5.74) is 3.87. The molecule has 9 heteroatoms. The van der Waals surface area contributed by atoms with E-state index in [1.54, 1.807) is 12.0 Å². The molecule has 0 radical (unpaired) electrons. The molecule has 2 aromatic heterocycles. The highest BCUT2D eigenvalue weighted by atomic mass is 16.5. The number of rotatable bonds is 9. The van der Waals surface area contributed by atoms with Crippen LogP contribution in [0.25, 0.3) is 0 Å². The van der Waals surface area contributed by atoms with Crippen LogP contribution in [0, 0.1) is 0 Å². The minimum atomic E-state index is -0.162. The number of piperazine rings is 1. The third-order valence-corrected chi connectivity index (χ3v) is 6.80. The molecule has 0 atom stereocenters. The Morgan fingerprint density at radius 2 is 1.94 bits per heavy atom. The average Bonchev–Trinajstić information content (AvgIpc) is 3.48. The van der Waals surface area contributed by atoms with Gasteiger partial charge in [-0.2, -0.15) is 5.10 Å². The van der Waals surface area contributed by atoms with Gasteiger partial charge >= 0.3 is 0 Å². The number of carbonyl (C=O) groups is 2. The average molecular weight is 492 g/mol. The highest BCUT2D eigenvalue weighted by Gasteiger charge is 2.32. The number of hydrogen-bond acceptors (Lipinski definition) is 6. The Morgan fingerprint density at radius 1 is 1.11 bits per heavy atom. The standard InChI is InChI=1S/C27H33N5O4/c1-35-19-22-10-9-21(36-22)16-30-14-11-24-23(17-30)26(27(34)31-15-12-28-25(33)18-31)29-32(24)13-5-8-20-6-3-2-4-7-20/h2-4,6-7,9-10H,5,8,11-19H2,1H3,(H,28,33). The lowest BCUT2D eigenvalue weighted by atomic mass is 10.0. The van der Waals surface area contributed by atoms with E-state index in [1.807, 2.05) is 22.9 Å². The minimum Gasteiger partial charge on any atom is -0.462 e. The van der Waals surface area contributed by atoms with Gasteiger partial charge in [-0.1, -0.05) is 30.3 Å². The van der Waals surface area contributed by atoms with E-state index in [9.17, 15) is 9.59 Å². The Balaban J connectivity index is 1.34. The molecule has 1 N–H and O–H groups in total. The molecule has 1 fully saturated rings. The Bertz CT molecular complexity index is 1200. The fourth-order valence-corrected chi connectivity index (χ4v) is 5.03. The first-order chi connectivity index (χ1) is 17.6. The van der Waals surface area contributed by atoms with Crippen LogP contribution in [0.1, 0.15) is 45.3 Å².